The Balaban J connectivity index is 2.07. The number of aromatic nitrogens is 1. The van der Waals surface area contributed by atoms with Crippen molar-refractivity contribution in [1.82, 2.24) is 0 Å². The number of aryl methyl sites for hydroxylation is 3. The van der Waals surface area contributed by atoms with Gasteiger partial charge in [-0.1, -0.05) is 35.9 Å². The Bertz CT molecular complexity index is 608. The average Bonchev–Trinajstić information content (AvgIpc) is 2.66. The van der Waals surface area contributed by atoms with Gasteiger partial charge >= 0.3 is 0 Å². The fourth-order valence-corrected chi connectivity index (χ4v) is 3.14. The van der Waals surface area contributed by atoms with E-state index in [4.69, 9.17) is 0 Å². The first-order valence-corrected chi connectivity index (χ1v) is 6.79. The second-order valence-corrected chi connectivity index (χ2v) is 5.48. The smallest absolute Gasteiger partial charge is 0.144 e. The second kappa shape index (κ2) is 4.30. The molecule has 0 aliphatic carbocycles. The van der Waals surface area contributed by atoms with Crippen LogP contribution in [0.15, 0.2) is 36.5 Å². The third-order valence-electron chi connectivity index (χ3n) is 3.91. The standard InChI is InChI=1S/C17H20N2/c1-12-9-13(2)17(14(3)10-12)19-11-18-8-6-5-7-16(18)15(19)4/h5-11,15H,1-4H3. The number of anilines is 1. The van der Waals surface area contributed by atoms with Crippen LogP contribution in [0.1, 0.15) is 35.3 Å². The van der Waals surface area contributed by atoms with Gasteiger partial charge in [0.2, 0.25) is 0 Å². The second-order valence-electron chi connectivity index (χ2n) is 5.48. The number of pyridine rings is 1. The Morgan fingerprint density at radius 3 is 2.42 bits per heavy atom. The van der Waals surface area contributed by atoms with Crippen molar-refractivity contribution >= 4 is 5.69 Å². The lowest BCUT2D eigenvalue weighted by Crippen LogP contribution is -2.33. The molecule has 1 unspecified atom stereocenters. The number of nitrogens with zero attached hydrogens (tertiary/aromatic N) is 2. The highest BCUT2D eigenvalue weighted by Crippen LogP contribution is 2.35. The quantitative estimate of drug-likeness (QED) is 0.557. The molecule has 2 nitrogen and oxygen atoms in total. The van der Waals surface area contributed by atoms with Gasteiger partial charge in [0, 0.05) is 5.69 Å². The van der Waals surface area contributed by atoms with Crippen molar-refractivity contribution in [3.63, 3.8) is 0 Å². The Kier molecular flexibility index (Phi) is 2.74. The maximum Gasteiger partial charge on any atom is 0.144 e. The Labute approximate surface area is 115 Å². The van der Waals surface area contributed by atoms with Crippen LogP contribution < -0.4 is 9.47 Å². The highest BCUT2D eigenvalue weighted by Gasteiger charge is 2.28. The molecule has 0 bridgehead atoms. The molecule has 0 saturated carbocycles. The number of benzene rings is 1. The number of fused-ring (bicyclic) bond motifs is 1. The fraction of sp³-hybridized carbons (Fsp3) is 0.294. The molecule has 2 heterocycles. The lowest BCUT2D eigenvalue weighted by molar-refractivity contribution is -0.630. The summed E-state index contributed by atoms with van der Waals surface area (Å²) >= 11 is 0. The fourth-order valence-electron chi connectivity index (χ4n) is 3.14. The third kappa shape index (κ3) is 1.88. The summed E-state index contributed by atoms with van der Waals surface area (Å²) in [6.45, 7) is 11.0. The van der Waals surface area contributed by atoms with Crippen molar-refractivity contribution in [3.05, 3.63) is 65.6 Å². The molecule has 1 aromatic carbocycles. The van der Waals surface area contributed by atoms with E-state index in [-0.39, 0.29) is 0 Å². The van der Waals surface area contributed by atoms with Crippen molar-refractivity contribution in [2.45, 2.75) is 33.7 Å². The predicted molar refractivity (Wildman–Crippen MR) is 77.9 cm³/mol. The molecule has 1 aromatic heterocycles. The summed E-state index contributed by atoms with van der Waals surface area (Å²) in [5.74, 6) is 0. The van der Waals surface area contributed by atoms with Crippen molar-refractivity contribution in [1.29, 1.82) is 0 Å². The van der Waals surface area contributed by atoms with E-state index >= 15 is 0 Å². The average molecular weight is 252 g/mol. The molecule has 0 radical (unpaired) electrons. The first kappa shape index (κ1) is 12.1. The zero-order valence-corrected chi connectivity index (χ0v) is 12.0. The Hall–Kier alpha value is -1.96. The van der Waals surface area contributed by atoms with Crippen molar-refractivity contribution in [2.75, 3.05) is 4.90 Å². The third-order valence-corrected chi connectivity index (χ3v) is 3.91. The molecule has 2 aromatic rings. The van der Waals surface area contributed by atoms with Crippen molar-refractivity contribution in [2.24, 2.45) is 0 Å². The van der Waals surface area contributed by atoms with E-state index in [0.717, 1.165) is 0 Å². The normalized spacial score (nSPS) is 17.3. The summed E-state index contributed by atoms with van der Waals surface area (Å²) in [4.78, 5) is 2.37. The van der Waals surface area contributed by atoms with Crippen LogP contribution in [-0.2, 0) is 0 Å². The first-order valence-electron chi connectivity index (χ1n) is 6.79. The number of hydrogen-bond donors (Lipinski definition) is 0. The first-order chi connectivity index (χ1) is 9.08. The molecule has 0 spiro atoms. The summed E-state index contributed by atoms with van der Waals surface area (Å²) < 4.78 is 2.21. The van der Waals surface area contributed by atoms with E-state index in [2.05, 4.69) is 80.4 Å². The summed E-state index contributed by atoms with van der Waals surface area (Å²) in [5.41, 5.74) is 6.68. The van der Waals surface area contributed by atoms with Crippen molar-refractivity contribution in [3.8, 4) is 0 Å². The minimum Gasteiger partial charge on any atom is -0.346 e. The van der Waals surface area contributed by atoms with Gasteiger partial charge < -0.3 is 9.47 Å². The van der Waals surface area contributed by atoms with Crippen LogP contribution in [0.5, 0.6) is 0 Å². The molecular weight excluding hydrogens is 232 g/mol. The molecule has 1 aliphatic heterocycles. The minimum atomic E-state index is 0.376. The Morgan fingerprint density at radius 1 is 1.11 bits per heavy atom. The van der Waals surface area contributed by atoms with E-state index < -0.39 is 0 Å². The Morgan fingerprint density at radius 2 is 1.79 bits per heavy atom. The molecule has 19 heavy (non-hydrogen) atoms. The van der Waals surface area contributed by atoms with Crippen LogP contribution in [0.2, 0.25) is 0 Å². The maximum atomic E-state index is 2.37. The lowest BCUT2D eigenvalue weighted by Gasteiger charge is -2.27. The molecule has 98 valence electrons. The molecule has 0 N–H and O–H groups in total. The zero-order chi connectivity index (χ0) is 13.6. The largest absolute Gasteiger partial charge is 0.346 e. The van der Waals surface area contributed by atoms with E-state index in [1.165, 1.54) is 28.1 Å². The van der Waals surface area contributed by atoms with Crippen LogP contribution in [-0.4, -0.2) is 0 Å². The highest BCUT2D eigenvalue weighted by molar-refractivity contribution is 5.62. The summed E-state index contributed by atoms with van der Waals surface area (Å²) in [7, 11) is 0. The lowest BCUT2D eigenvalue weighted by atomic mass is 10.0. The molecule has 3 rings (SSSR count). The maximum absolute atomic E-state index is 2.37. The minimum absolute atomic E-state index is 0.376. The molecule has 0 fully saturated rings. The summed E-state index contributed by atoms with van der Waals surface area (Å²) in [6.07, 6.45) is 2.12. The van der Waals surface area contributed by atoms with Gasteiger partial charge in [-0.2, -0.15) is 0 Å². The predicted octanol–water partition coefficient (Wildman–Crippen LogP) is 3.45. The van der Waals surface area contributed by atoms with E-state index in [9.17, 15) is 0 Å². The van der Waals surface area contributed by atoms with E-state index in [1.807, 2.05) is 0 Å². The number of rotatable bonds is 1. The highest BCUT2D eigenvalue weighted by atomic mass is 15.3. The van der Waals surface area contributed by atoms with Gasteiger partial charge in [-0.25, -0.2) is 0 Å². The molecule has 0 amide bonds. The molecule has 0 saturated heterocycles. The van der Waals surface area contributed by atoms with Gasteiger partial charge in [-0.15, -0.1) is 0 Å². The molecular formula is C17H20N2. The van der Waals surface area contributed by atoms with Gasteiger partial charge in [-0.05, 0) is 38.8 Å². The summed E-state index contributed by atoms with van der Waals surface area (Å²) in [6, 6.07) is 11.3. The van der Waals surface area contributed by atoms with Crippen LogP contribution in [0, 0.1) is 27.4 Å². The van der Waals surface area contributed by atoms with Gasteiger partial charge in [0.25, 0.3) is 0 Å². The van der Waals surface area contributed by atoms with E-state index in [0.29, 0.717) is 6.04 Å². The van der Waals surface area contributed by atoms with Crippen LogP contribution >= 0.6 is 0 Å². The monoisotopic (exact) mass is 252 g/mol. The summed E-state index contributed by atoms with van der Waals surface area (Å²) in [5, 5.41) is 0. The topological polar surface area (TPSA) is 7.12 Å². The molecule has 2 heteroatoms. The van der Waals surface area contributed by atoms with Crippen LogP contribution in [0.4, 0.5) is 5.69 Å². The van der Waals surface area contributed by atoms with Gasteiger partial charge in [0.05, 0.1) is 12.2 Å². The van der Waals surface area contributed by atoms with Crippen LogP contribution in [0.25, 0.3) is 0 Å². The molecule has 1 aliphatic rings. The van der Waals surface area contributed by atoms with Gasteiger partial charge in [0.15, 0.2) is 0 Å². The molecule has 1 atom stereocenters. The number of hydrogen-bond acceptors (Lipinski definition) is 1. The van der Waals surface area contributed by atoms with Crippen molar-refractivity contribution < 1.29 is 4.57 Å². The van der Waals surface area contributed by atoms with E-state index in [1.54, 1.807) is 0 Å². The van der Waals surface area contributed by atoms with Gasteiger partial charge in [0.1, 0.15) is 12.4 Å². The van der Waals surface area contributed by atoms with Crippen LogP contribution in [0.3, 0.4) is 0 Å². The zero-order valence-electron chi connectivity index (χ0n) is 12.0. The van der Waals surface area contributed by atoms with Gasteiger partial charge in [-0.3, -0.25) is 0 Å². The SMILES string of the molecule is Cc1cc(C)c(N2[CH-][n+]3ccccc3C2C)c(C)c1.